The Kier molecular flexibility index (Phi) is 3.64. The molecule has 134 valence electrons. The Morgan fingerprint density at radius 1 is 1.27 bits per heavy atom. The molecule has 0 unspecified atom stereocenters. The van der Waals surface area contributed by atoms with Crippen LogP contribution >= 0.6 is 0 Å². The number of hydrogen-bond donors (Lipinski definition) is 2. The number of amides is 1. The molecule has 2 aromatic heterocycles. The van der Waals surface area contributed by atoms with Crippen molar-refractivity contribution in [3.63, 3.8) is 0 Å². The maximum Gasteiger partial charge on any atom is 0.235 e. The summed E-state index contributed by atoms with van der Waals surface area (Å²) < 4.78 is 14.3. The lowest BCUT2D eigenvalue weighted by Gasteiger charge is -2.15. The van der Waals surface area contributed by atoms with E-state index in [1.807, 2.05) is 24.3 Å². The number of aromatic nitrogens is 4. The quantitative estimate of drug-likeness (QED) is 0.750. The number of fused-ring (bicyclic) bond motifs is 2. The minimum atomic E-state index is -0.777. The number of benzene rings is 1. The summed E-state index contributed by atoms with van der Waals surface area (Å²) in [7, 11) is 0. The van der Waals surface area contributed by atoms with Gasteiger partial charge < -0.3 is 11.1 Å². The van der Waals surface area contributed by atoms with Crippen LogP contribution in [-0.2, 0) is 16.8 Å². The lowest BCUT2D eigenvalue weighted by atomic mass is 9.87. The Morgan fingerprint density at radius 2 is 2.04 bits per heavy atom. The molecular formula is C18H19FN6O. The van der Waals surface area contributed by atoms with Gasteiger partial charge in [0.25, 0.3) is 0 Å². The average molecular weight is 354 g/mol. The molecule has 0 saturated heterocycles. The fourth-order valence-corrected chi connectivity index (χ4v) is 3.34. The highest BCUT2D eigenvalue weighted by Crippen LogP contribution is 2.40. The first-order chi connectivity index (χ1) is 12.4. The maximum absolute atomic E-state index is 12.6. The number of nitrogen functional groups attached to an aromatic ring is 1. The summed E-state index contributed by atoms with van der Waals surface area (Å²) in [5.74, 6) is 0.860. The minimum Gasteiger partial charge on any atom is -0.383 e. The number of anilines is 2. The van der Waals surface area contributed by atoms with Crippen molar-refractivity contribution in [1.29, 1.82) is 0 Å². The molecule has 0 atom stereocenters. The molecule has 1 aliphatic rings. The zero-order valence-corrected chi connectivity index (χ0v) is 14.6. The number of alkyl halides is 1. The third-order valence-electron chi connectivity index (χ3n) is 4.73. The largest absolute Gasteiger partial charge is 0.383 e. The average Bonchev–Trinajstić information content (AvgIpc) is 3.08. The Balaban J connectivity index is 1.89. The van der Waals surface area contributed by atoms with E-state index in [0.717, 1.165) is 10.9 Å². The first-order valence-corrected chi connectivity index (χ1v) is 8.45. The Bertz CT molecular complexity index is 1030. The molecule has 0 saturated carbocycles. The van der Waals surface area contributed by atoms with E-state index < -0.39 is 12.1 Å². The minimum absolute atomic E-state index is 0.163. The first kappa shape index (κ1) is 16.4. The van der Waals surface area contributed by atoms with Crippen LogP contribution in [-0.4, -0.2) is 32.3 Å². The van der Waals surface area contributed by atoms with Crippen LogP contribution in [0.25, 0.3) is 22.4 Å². The predicted octanol–water partition coefficient (Wildman–Crippen LogP) is 2.66. The summed E-state index contributed by atoms with van der Waals surface area (Å²) in [6.45, 7) is 3.62. The number of nitrogens with one attached hydrogen (secondary N) is 1. The molecule has 0 spiro atoms. The Morgan fingerprint density at radius 3 is 2.81 bits per heavy atom. The third-order valence-corrected chi connectivity index (χ3v) is 4.73. The van der Waals surface area contributed by atoms with Crippen LogP contribution in [0.3, 0.4) is 0 Å². The number of carbonyl (C=O) groups is 1. The number of rotatable bonds is 4. The summed E-state index contributed by atoms with van der Waals surface area (Å²) in [5.41, 5.74) is 7.42. The molecule has 0 fully saturated rings. The second-order valence-corrected chi connectivity index (χ2v) is 6.87. The predicted molar refractivity (Wildman–Crippen MR) is 97.4 cm³/mol. The van der Waals surface area contributed by atoms with Gasteiger partial charge in [-0.1, -0.05) is 18.2 Å². The number of carbonyl (C=O) groups excluding carboxylic acids is 1. The number of nitrogens with two attached hydrogens (primary N) is 1. The van der Waals surface area contributed by atoms with Gasteiger partial charge in [-0.15, -0.1) is 0 Å². The van der Waals surface area contributed by atoms with Crippen LogP contribution < -0.4 is 11.1 Å². The Hall–Kier alpha value is -3.03. The fraction of sp³-hybridized carbons (Fsp3) is 0.333. The van der Waals surface area contributed by atoms with Gasteiger partial charge in [0, 0.05) is 11.9 Å². The van der Waals surface area contributed by atoms with Gasteiger partial charge in [-0.25, -0.2) is 9.97 Å². The number of aryl methyl sites for hydroxylation is 1. The number of para-hydroxylation sites is 1. The number of hydrogen-bond acceptors (Lipinski definition) is 5. The van der Waals surface area contributed by atoms with Crippen molar-refractivity contribution in [3.05, 3.63) is 29.8 Å². The first-order valence-electron chi connectivity index (χ1n) is 8.45. The lowest BCUT2D eigenvalue weighted by molar-refractivity contribution is -0.119. The van der Waals surface area contributed by atoms with E-state index in [4.69, 9.17) is 5.73 Å². The van der Waals surface area contributed by atoms with Gasteiger partial charge in [-0.3, -0.25) is 13.9 Å². The zero-order valence-electron chi connectivity index (χ0n) is 14.6. The third kappa shape index (κ3) is 2.33. The van der Waals surface area contributed by atoms with Crippen molar-refractivity contribution in [2.45, 2.75) is 32.2 Å². The van der Waals surface area contributed by atoms with E-state index in [1.54, 1.807) is 18.5 Å². The van der Waals surface area contributed by atoms with Crippen molar-refractivity contribution in [3.8, 4) is 11.5 Å². The van der Waals surface area contributed by atoms with Crippen LogP contribution in [0.2, 0.25) is 0 Å². The molecule has 0 aliphatic carbocycles. The number of halogens is 1. The van der Waals surface area contributed by atoms with Gasteiger partial charge in [0.05, 0.1) is 23.2 Å². The molecular weight excluding hydrogens is 335 g/mol. The SMILES string of the molecule is CC1(C)C(=O)Nc2nc(-c3nn(CCCF)c4ccccc34)nc(N)c21. The smallest absolute Gasteiger partial charge is 0.235 e. The normalized spacial score (nSPS) is 15.3. The van der Waals surface area contributed by atoms with E-state index >= 15 is 0 Å². The van der Waals surface area contributed by atoms with Crippen LogP contribution in [0.4, 0.5) is 16.0 Å². The van der Waals surface area contributed by atoms with Crippen molar-refractivity contribution in [1.82, 2.24) is 19.7 Å². The summed E-state index contributed by atoms with van der Waals surface area (Å²) in [5, 5.41) is 8.21. The zero-order chi connectivity index (χ0) is 18.5. The molecule has 1 aromatic carbocycles. The topological polar surface area (TPSA) is 98.7 Å². The molecule has 3 aromatic rings. The molecule has 0 radical (unpaired) electrons. The monoisotopic (exact) mass is 354 g/mol. The van der Waals surface area contributed by atoms with E-state index in [-0.39, 0.29) is 11.7 Å². The standard InChI is InChI=1S/C18H19FN6O/c1-18(2)12-14(20)21-16(22-15(12)23-17(18)26)13-10-6-3-4-7-11(10)25(24-13)9-5-8-19/h3-4,6-7H,5,8-9H2,1-2H3,(H3,20,21,22,23,26). The second kappa shape index (κ2) is 5.76. The molecule has 3 N–H and O–H groups in total. The van der Waals surface area contributed by atoms with Crippen LogP contribution in [0.1, 0.15) is 25.8 Å². The summed E-state index contributed by atoms with van der Waals surface area (Å²) in [4.78, 5) is 21.1. The van der Waals surface area contributed by atoms with Gasteiger partial charge in [-0.2, -0.15) is 5.10 Å². The molecule has 26 heavy (non-hydrogen) atoms. The van der Waals surface area contributed by atoms with Gasteiger partial charge in [0.15, 0.2) is 5.82 Å². The van der Waals surface area contributed by atoms with E-state index in [2.05, 4.69) is 20.4 Å². The summed E-state index contributed by atoms with van der Waals surface area (Å²) in [6, 6.07) is 7.64. The van der Waals surface area contributed by atoms with E-state index in [1.165, 1.54) is 0 Å². The van der Waals surface area contributed by atoms with E-state index in [0.29, 0.717) is 35.9 Å². The van der Waals surface area contributed by atoms with Crippen LogP contribution in [0.5, 0.6) is 0 Å². The molecule has 3 heterocycles. The van der Waals surface area contributed by atoms with Gasteiger partial charge in [-0.05, 0) is 26.3 Å². The highest BCUT2D eigenvalue weighted by molar-refractivity contribution is 6.06. The molecule has 8 heteroatoms. The number of nitrogens with zero attached hydrogens (tertiary/aromatic N) is 4. The second-order valence-electron chi connectivity index (χ2n) is 6.87. The summed E-state index contributed by atoms with van der Waals surface area (Å²) >= 11 is 0. The summed E-state index contributed by atoms with van der Waals surface area (Å²) in [6.07, 6.45) is 0.378. The van der Waals surface area contributed by atoms with Crippen molar-refractivity contribution < 1.29 is 9.18 Å². The maximum atomic E-state index is 12.6. The Labute approximate surface area is 149 Å². The molecule has 0 bridgehead atoms. The van der Waals surface area contributed by atoms with E-state index in [9.17, 15) is 9.18 Å². The fourth-order valence-electron chi connectivity index (χ4n) is 3.34. The highest BCUT2D eigenvalue weighted by atomic mass is 19.1. The highest BCUT2D eigenvalue weighted by Gasteiger charge is 2.42. The van der Waals surface area contributed by atoms with Crippen molar-refractivity contribution >= 4 is 28.4 Å². The van der Waals surface area contributed by atoms with Crippen LogP contribution in [0, 0.1) is 0 Å². The molecule has 4 rings (SSSR count). The van der Waals surface area contributed by atoms with Crippen molar-refractivity contribution in [2.75, 3.05) is 17.7 Å². The van der Waals surface area contributed by atoms with Gasteiger partial charge >= 0.3 is 0 Å². The molecule has 7 nitrogen and oxygen atoms in total. The lowest BCUT2D eigenvalue weighted by Crippen LogP contribution is -2.27. The van der Waals surface area contributed by atoms with Crippen molar-refractivity contribution in [2.24, 2.45) is 0 Å². The molecule has 1 amide bonds. The molecule has 1 aliphatic heterocycles. The van der Waals surface area contributed by atoms with Crippen LogP contribution in [0.15, 0.2) is 24.3 Å². The van der Waals surface area contributed by atoms with Gasteiger partial charge in [0.2, 0.25) is 5.91 Å². The van der Waals surface area contributed by atoms with Gasteiger partial charge in [0.1, 0.15) is 17.3 Å².